The van der Waals surface area contributed by atoms with E-state index in [1.165, 1.54) is 11.1 Å². The number of carbonyl (C=O) groups is 1. The highest BCUT2D eigenvalue weighted by atomic mass is 16.4. The zero-order chi connectivity index (χ0) is 18.7. The van der Waals surface area contributed by atoms with Crippen molar-refractivity contribution in [1.29, 1.82) is 0 Å². The molecular formula is C22H37NO2. The number of pyridine rings is 1. The Kier molecular flexibility index (Phi) is 10.4. The fraction of sp³-hybridized carbons (Fsp3) is 0.727. The van der Waals surface area contributed by atoms with Crippen LogP contribution in [0.25, 0.3) is 0 Å². The highest BCUT2D eigenvalue weighted by Gasteiger charge is 2.22. The SMILES string of the molecule is CCCCc1nc(C(=O)O)c(CCCC)c(CCCC)c1CCCC. The summed E-state index contributed by atoms with van der Waals surface area (Å²) in [5.41, 5.74) is 5.10. The molecule has 0 saturated heterocycles. The summed E-state index contributed by atoms with van der Waals surface area (Å²) in [5.74, 6) is -0.858. The van der Waals surface area contributed by atoms with Gasteiger partial charge in [0.2, 0.25) is 0 Å². The molecule has 1 rings (SSSR count). The van der Waals surface area contributed by atoms with Crippen LogP contribution < -0.4 is 0 Å². The molecule has 0 aromatic carbocycles. The molecule has 0 aliphatic rings. The summed E-state index contributed by atoms with van der Waals surface area (Å²) < 4.78 is 0. The Morgan fingerprint density at radius 1 is 0.720 bits per heavy atom. The number of carboxylic acid groups (broad SMARTS) is 1. The zero-order valence-corrected chi connectivity index (χ0v) is 16.8. The first-order chi connectivity index (χ1) is 12.1. The number of rotatable bonds is 13. The minimum Gasteiger partial charge on any atom is -0.477 e. The first-order valence-electron chi connectivity index (χ1n) is 10.4. The molecule has 0 saturated carbocycles. The zero-order valence-electron chi connectivity index (χ0n) is 16.8. The molecule has 0 bridgehead atoms. The molecule has 3 nitrogen and oxygen atoms in total. The third kappa shape index (κ3) is 6.45. The largest absolute Gasteiger partial charge is 0.477 e. The number of hydrogen-bond acceptors (Lipinski definition) is 2. The first kappa shape index (κ1) is 21.7. The van der Waals surface area contributed by atoms with Crippen molar-refractivity contribution in [1.82, 2.24) is 4.98 Å². The van der Waals surface area contributed by atoms with Crippen molar-refractivity contribution in [3.05, 3.63) is 28.1 Å². The maximum Gasteiger partial charge on any atom is 0.354 e. The number of nitrogens with zero attached hydrogens (tertiary/aromatic N) is 1. The number of unbranched alkanes of at least 4 members (excludes halogenated alkanes) is 4. The van der Waals surface area contributed by atoms with Gasteiger partial charge in [-0.05, 0) is 68.1 Å². The van der Waals surface area contributed by atoms with Crippen LogP contribution in [0.1, 0.15) is 112 Å². The number of aromatic nitrogens is 1. The summed E-state index contributed by atoms with van der Waals surface area (Å²) in [6.07, 6.45) is 12.6. The Hall–Kier alpha value is -1.38. The second kappa shape index (κ2) is 12.1. The van der Waals surface area contributed by atoms with Crippen molar-refractivity contribution >= 4 is 5.97 Å². The molecule has 0 atom stereocenters. The van der Waals surface area contributed by atoms with Crippen LogP contribution in [-0.4, -0.2) is 16.1 Å². The van der Waals surface area contributed by atoms with Crippen LogP contribution in [-0.2, 0) is 25.7 Å². The predicted molar refractivity (Wildman–Crippen MR) is 106 cm³/mol. The van der Waals surface area contributed by atoms with Gasteiger partial charge in [0.15, 0.2) is 5.69 Å². The minimum atomic E-state index is -0.858. The fourth-order valence-electron chi connectivity index (χ4n) is 3.42. The van der Waals surface area contributed by atoms with Gasteiger partial charge >= 0.3 is 5.97 Å². The predicted octanol–water partition coefficient (Wildman–Crippen LogP) is 6.15. The average molecular weight is 348 g/mol. The highest BCUT2D eigenvalue weighted by Crippen LogP contribution is 2.27. The molecule has 0 amide bonds. The van der Waals surface area contributed by atoms with Gasteiger partial charge in [-0.15, -0.1) is 0 Å². The van der Waals surface area contributed by atoms with Crippen molar-refractivity contribution in [3.8, 4) is 0 Å². The van der Waals surface area contributed by atoms with Crippen LogP contribution in [0.4, 0.5) is 0 Å². The quantitative estimate of drug-likeness (QED) is 0.465. The molecule has 142 valence electrons. The Labute approximate surface area is 154 Å². The Bertz CT molecular complexity index is 537. The fourth-order valence-corrected chi connectivity index (χ4v) is 3.42. The van der Waals surface area contributed by atoms with Crippen LogP contribution in [0, 0.1) is 0 Å². The van der Waals surface area contributed by atoms with E-state index in [2.05, 4.69) is 32.7 Å². The smallest absolute Gasteiger partial charge is 0.354 e. The van der Waals surface area contributed by atoms with E-state index in [1.54, 1.807) is 0 Å². The highest BCUT2D eigenvalue weighted by molar-refractivity contribution is 5.88. The number of aryl methyl sites for hydroxylation is 1. The Morgan fingerprint density at radius 3 is 1.64 bits per heavy atom. The van der Waals surface area contributed by atoms with Crippen molar-refractivity contribution in [2.75, 3.05) is 0 Å². The molecule has 1 N–H and O–H groups in total. The van der Waals surface area contributed by atoms with Gasteiger partial charge in [-0.3, -0.25) is 0 Å². The number of aromatic carboxylic acids is 1. The molecule has 25 heavy (non-hydrogen) atoms. The van der Waals surface area contributed by atoms with Crippen LogP contribution >= 0.6 is 0 Å². The van der Waals surface area contributed by atoms with Gasteiger partial charge in [0.1, 0.15) is 0 Å². The van der Waals surface area contributed by atoms with E-state index in [0.717, 1.165) is 88.3 Å². The lowest BCUT2D eigenvalue weighted by Gasteiger charge is -2.20. The minimum absolute atomic E-state index is 0.325. The van der Waals surface area contributed by atoms with E-state index in [9.17, 15) is 9.90 Å². The van der Waals surface area contributed by atoms with E-state index in [4.69, 9.17) is 0 Å². The normalized spacial score (nSPS) is 11.0. The van der Waals surface area contributed by atoms with E-state index >= 15 is 0 Å². The molecule has 0 spiro atoms. The van der Waals surface area contributed by atoms with Crippen LogP contribution in [0.15, 0.2) is 0 Å². The molecule has 3 heteroatoms. The van der Waals surface area contributed by atoms with Crippen molar-refractivity contribution < 1.29 is 9.90 Å². The maximum atomic E-state index is 11.9. The lowest BCUT2D eigenvalue weighted by Crippen LogP contribution is -2.16. The van der Waals surface area contributed by atoms with Gasteiger partial charge in [0.05, 0.1) is 0 Å². The molecule has 0 radical (unpaired) electrons. The molecule has 0 aliphatic carbocycles. The summed E-state index contributed by atoms with van der Waals surface area (Å²) in [6, 6.07) is 0. The summed E-state index contributed by atoms with van der Waals surface area (Å²) >= 11 is 0. The number of hydrogen-bond donors (Lipinski definition) is 1. The summed E-state index contributed by atoms with van der Waals surface area (Å²) in [5, 5.41) is 9.77. The van der Waals surface area contributed by atoms with Crippen molar-refractivity contribution in [2.45, 2.75) is 105 Å². The van der Waals surface area contributed by atoms with Gasteiger partial charge in [-0.2, -0.15) is 0 Å². The van der Waals surface area contributed by atoms with E-state index < -0.39 is 5.97 Å². The summed E-state index contributed by atoms with van der Waals surface area (Å²) in [7, 11) is 0. The topological polar surface area (TPSA) is 50.2 Å². The lowest BCUT2D eigenvalue weighted by atomic mass is 9.88. The van der Waals surface area contributed by atoms with Gasteiger partial charge in [-0.25, -0.2) is 9.78 Å². The molecule has 0 aliphatic heterocycles. The Balaban J connectivity index is 3.49. The molecule has 1 heterocycles. The van der Waals surface area contributed by atoms with Gasteiger partial charge in [-0.1, -0.05) is 53.4 Å². The van der Waals surface area contributed by atoms with Crippen molar-refractivity contribution in [2.24, 2.45) is 0 Å². The molecule has 0 fully saturated rings. The molecular weight excluding hydrogens is 310 g/mol. The summed E-state index contributed by atoms with van der Waals surface area (Å²) in [6.45, 7) is 8.76. The van der Waals surface area contributed by atoms with E-state index in [0.29, 0.717) is 5.69 Å². The second-order valence-corrected chi connectivity index (χ2v) is 7.06. The number of carboxylic acids is 1. The van der Waals surface area contributed by atoms with Gasteiger partial charge in [0.25, 0.3) is 0 Å². The molecule has 1 aromatic heterocycles. The monoisotopic (exact) mass is 347 g/mol. The standard InChI is InChI=1S/C22H37NO2/c1-5-9-13-17-18(14-10-6-2)20(16-12-8-4)23-21(22(24)25)19(17)15-11-7-3/h5-16H2,1-4H3,(H,24,25). The third-order valence-electron chi connectivity index (χ3n) is 4.92. The van der Waals surface area contributed by atoms with E-state index in [1.807, 2.05) is 0 Å². The maximum absolute atomic E-state index is 11.9. The van der Waals surface area contributed by atoms with E-state index in [-0.39, 0.29) is 0 Å². The Morgan fingerprint density at radius 2 is 1.16 bits per heavy atom. The van der Waals surface area contributed by atoms with Gasteiger partial charge < -0.3 is 5.11 Å². The van der Waals surface area contributed by atoms with Crippen LogP contribution in [0.3, 0.4) is 0 Å². The summed E-state index contributed by atoms with van der Waals surface area (Å²) in [4.78, 5) is 16.6. The van der Waals surface area contributed by atoms with Crippen molar-refractivity contribution in [3.63, 3.8) is 0 Å². The second-order valence-electron chi connectivity index (χ2n) is 7.06. The average Bonchev–Trinajstić information content (AvgIpc) is 2.61. The van der Waals surface area contributed by atoms with Gasteiger partial charge in [0, 0.05) is 5.69 Å². The lowest BCUT2D eigenvalue weighted by molar-refractivity contribution is 0.0688. The first-order valence-corrected chi connectivity index (χ1v) is 10.4. The molecule has 0 unspecified atom stereocenters. The third-order valence-corrected chi connectivity index (χ3v) is 4.92. The molecule has 1 aromatic rings. The van der Waals surface area contributed by atoms with Crippen LogP contribution in [0.5, 0.6) is 0 Å². The van der Waals surface area contributed by atoms with Crippen LogP contribution in [0.2, 0.25) is 0 Å².